The predicted molar refractivity (Wildman–Crippen MR) is 94.7 cm³/mol. The molecule has 25 heavy (non-hydrogen) atoms. The summed E-state index contributed by atoms with van der Waals surface area (Å²) in [4.78, 5) is 13.0. The summed E-state index contributed by atoms with van der Waals surface area (Å²) in [6, 6.07) is 10.6. The van der Waals surface area contributed by atoms with E-state index in [-0.39, 0.29) is 35.1 Å². The SMILES string of the molecule is Cc1ccc(S(=O)(=O)N2CC(=O)[C@@H]3[C@H]2CC[C@H]3c2cccn2C)cc1. The first-order valence-electron chi connectivity index (χ1n) is 8.62. The second-order valence-electron chi connectivity index (χ2n) is 7.15. The lowest BCUT2D eigenvalue weighted by molar-refractivity contribution is -0.120. The van der Waals surface area contributed by atoms with Gasteiger partial charge in [-0.05, 0) is 44.0 Å². The van der Waals surface area contributed by atoms with Gasteiger partial charge in [-0.2, -0.15) is 4.31 Å². The Kier molecular flexibility index (Phi) is 3.85. The van der Waals surface area contributed by atoms with Crippen LogP contribution in [0.1, 0.15) is 30.0 Å². The smallest absolute Gasteiger partial charge is 0.243 e. The fraction of sp³-hybridized carbons (Fsp3) is 0.421. The highest BCUT2D eigenvalue weighted by atomic mass is 32.2. The quantitative estimate of drug-likeness (QED) is 0.847. The Bertz CT molecular complexity index is 914. The van der Waals surface area contributed by atoms with E-state index in [0.29, 0.717) is 0 Å². The number of ketones is 1. The van der Waals surface area contributed by atoms with Crippen LogP contribution in [0, 0.1) is 12.8 Å². The summed E-state index contributed by atoms with van der Waals surface area (Å²) in [5, 5.41) is 0. The molecule has 132 valence electrons. The minimum atomic E-state index is -3.64. The molecule has 0 unspecified atom stereocenters. The van der Waals surface area contributed by atoms with Gasteiger partial charge in [-0.25, -0.2) is 8.42 Å². The van der Waals surface area contributed by atoms with E-state index in [2.05, 4.69) is 0 Å². The van der Waals surface area contributed by atoms with Crippen molar-refractivity contribution in [3.8, 4) is 0 Å². The van der Waals surface area contributed by atoms with E-state index in [4.69, 9.17) is 0 Å². The van der Waals surface area contributed by atoms with E-state index in [0.717, 1.165) is 24.1 Å². The number of hydrogen-bond donors (Lipinski definition) is 0. The number of sulfonamides is 1. The monoisotopic (exact) mass is 358 g/mol. The van der Waals surface area contributed by atoms with Crippen LogP contribution in [0.4, 0.5) is 0 Å². The summed E-state index contributed by atoms with van der Waals surface area (Å²) < 4.78 is 29.6. The lowest BCUT2D eigenvalue weighted by atomic mass is 9.89. The third-order valence-electron chi connectivity index (χ3n) is 5.67. The minimum absolute atomic E-state index is 0.00747. The first-order valence-corrected chi connectivity index (χ1v) is 10.1. The van der Waals surface area contributed by atoms with Gasteiger partial charge in [-0.1, -0.05) is 17.7 Å². The highest BCUT2D eigenvalue weighted by molar-refractivity contribution is 7.89. The second-order valence-corrected chi connectivity index (χ2v) is 9.04. The van der Waals surface area contributed by atoms with Gasteiger partial charge in [0.25, 0.3) is 0 Å². The second kappa shape index (κ2) is 5.81. The largest absolute Gasteiger partial charge is 0.354 e. The molecule has 2 fully saturated rings. The number of Topliss-reactive ketones (excluding diaryl/α,β-unsaturated/α-hetero) is 1. The van der Waals surface area contributed by atoms with Crippen molar-refractivity contribution >= 4 is 15.8 Å². The highest BCUT2D eigenvalue weighted by Gasteiger charge is 2.53. The van der Waals surface area contributed by atoms with Gasteiger partial charge in [0.05, 0.1) is 11.4 Å². The average molecular weight is 358 g/mol. The van der Waals surface area contributed by atoms with Gasteiger partial charge in [-0.3, -0.25) is 4.79 Å². The molecule has 2 aromatic rings. The summed E-state index contributed by atoms with van der Waals surface area (Å²) in [6.07, 6.45) is 3.55. The molecule has 1 aliphatic carbocycles. The zero-order valence-corrected chi connectivity index (χ0v) is 15.2. The molecular formula is C19H22N2O3S. The fourth-order valence-electron chi connectivity index (χ4n) is 4.42. The van der Waals surface area contributed by atoms with E-state index in [1.165, 1.54) is 4.31 Å². The summed E-state index contributed by atoms with van der Waals surface area (Å²) in [5.41, 5.74) is 2.13. The number of hydrogen-bond acceptors (Lipinski definition) is 3. The van der Waals surface area contributed by atoms with Gasteiger partial charge in [0.2, 0.25) is 10.0 Å². The Morgan fingerprint density at radius 1 is 1.08 bits per heavy atom. The Balaban J connectivity index is 1.67. The number of aromatic nitrogens is 1. The molecule has 0 N–H and O–H groups in total. The molecular weight excluding hydrogens is 336 g/mol. The predicted octanol–water partition coefficient (Wildman–Crippen LogP) is 2.47. The van der Waals surface area contributed by atoms with Crippen LogP contribution in [0.25, 0.3) is 0 Å². The van der Waals surface area contributed by atoms with E-state index in [9.17, 15) is 13.2 Å². The number of rotatable bonds is 3. The molecule has 3 atom stereocenters. The molecule has 0 bridgehead atoms. The maximum absolute atomic E-state index is 13.1. The van der Waals surface area contributed by atoms with Gasteiger partial charge in [-0.15, -0.1) is 0 Å². The van der Waals surface area contributed by atoms with Crippen molar-refractivity contribution in [3.05, 3.63) is 53.9 Å². The van der Waals surface area contributed by atoms with Crippen LogP contribution in [-0.2, 0) is 21.9 Å². The van der Waals surface area contributed by atoms with Gasteiger partial charge in [0.15, 0.2) is 5.78 Å². The van der Waals surface area contributed by atoms with Crippen LogP contribution in [-0.4, -0.2) is 35.7 Å². The molecule has 1 aromatic carbocycles. The fourth-order valence-corrected chi connectivity index (χ4v) is 6.06. The summed E-state index contributed by atoms with van der Waals surface area (Å²) >= 11 is 0. The van der Waals surface area contributed by atoms with Crippen LogP contribution in [0.15, 0.2) is 47.5 Å². The zero-order chi connectivity index (χ0) is 17.8. The summed E-state index contributed by atoms with van der Waals surface area (Å²) in [7, 11) is -1.66. The third kappa shape index (κ3) is 2.55. The van der Waals surface area contributed by atoms with Crippen molar-refractivity contribution in [1.82, 2.24) is 8.87 Å². The number of fused-ring (bicyclic) bond motifs is 1. The van der Waals surface area contributed by atoms with Crippen molar-refractivity contribution in [3.63, 3.8) is 0 Å². The van der Waals surface area contributed by atoms with Crippen LogP contribution < -0.4 is 0 Å². The zero-order valence-electron chi connectivity index (χ0n) is 14.4. The van der Waals surface area contributed by atoms with Crippen molar-refractivity contribution in [1.29, 1.82) is 0 Å². The van der Waals surface area contributed by atoms with Crippen LogP contribution in [0.2, 0.25) is 0 Å². The van der Waals surface area contributed by atoms with E-state index >= 15 is 0 Å². The van der Waals surface area contributed by atoms with Gasteiger partial charge < -0.3 is 4.57 Å². The summed E-state index contributed by atoms with van der Waals surface area (Å²) in [5.74, 6) is -0.0751. The molecule has 2 aliphatic rings. The number of carbonyl (C=O) groups is 1. The standard InChI is InChI=1S/C19H22N2O3S/c1-13-5-7-14(8-6-13)25(23,24)21-12-18(22)19-15(9-10-17(19)21)16-4-3-11-20(16)2/h3-8,11,15,17,19H,9-10,12H2,1-2H3/t15-,17+,19-/m0/s1. The molecule has 4 rings (SSSR count). The average Bonchev–Trinajstić information content (AvgIpc) is 3.25. The molecule has 0 amide bonds. The van der Waals surface area contributed by atoms with Crippen molar-refractivity contribution in [2.24, 2.45) is 13.0 Å². The molecule has 6 heteroatoms. The maximum atomic E-state index is 13.1. The molecule has 0 spiro atoms. The lowest BCUT2D eigenvalue weighted by Gasteiger charge is -2.23. The Hall–Kier alpha value is -1.92. The minimum Gasteiger partial charge on any atom is -0.354 e. The number of nitrogens with zero attached hydrogens (tertiary/aromatic N) is 2. The van der Waals surface area contributed by atoms with Crippen molar-refractivity contribution in [2.45, 2.75) is 36.6 Å². The molecule has 1 saturated heterocycles. The molecule has 0 radical (unpaired) electrons. The third-order valence-corrected chi connectivity index (χ3v) is 7.55. The van der Waals surface area contributed by atoms with Gasteiger partial charge in [0, 0.05) is 36.8 Å². The van der Waals surface area contributed by atoms with Crippen LogP contribution in [0.3, 0.4) is 0 Å². The number of aryl methyl sites for hydroxylation is 2. The van der Waals surface area contributed by atoms with Gasteiger partial charge >= 0.3 is 0 Å². The summed E-state index contributed by atoms with van der Waals surface area (Å²) in [6.45, 7) is 1.92. The maximum Gasteiger partial charge on any atom is 0.243 e. The van der Waals surface area contributed by atoms with E-state index < -0.39 is 10.0 Å². The number of benzene rings is 1. The lowest BCUT2D eigenvalue weighted by Crippen LogP contribution is -2.36. The Labute approximate surface area is 148 Å². The molecule has 1 aromatic heterocycles. The van der Waals surface area contributed by atoms with Crippen LogP contribution >= 0.6 is 0 Å². The van der Waals surface area contributed by atoms with Crippen molar-refractivity contribution in [2.75, 3.05) is 6.54 Å². The normalized spacial score (nSPS) is 27.0. The molecule has 2 heterocycles. The van der Waals surface area contributed by atoms with Gasteiger partial charge in [0.1, 0.15) is 0 Å². The van der Waals surface area contributed by atoms with E-state index in [1.807, 2.05) is 36.9 Å². The molecule has 1 saturated carbocycles. The molecule has 1 aliphatic heterocycles. The van der Waals surface area contributed by atoms with Crippen molar-refractivity contribution < 1.29 is 13.2 Å². The first-order chi connectivity index (χ1) is 11.9. The Morgan fingerprint density at radius 3 is 2.44 bits per heavy atom. The first kappa shape index (κ1) is 16.5. The topological polar surface area (TPSA) is 59.4 Å². The molecule has 5 nitrogen and oxygen atoms in total. The van der Waals surface area contributed by atoms with Crippen LogP contribution in [0.5, 0.6) is 0 Å². The highest BCUT2D eigenvalue weighted by Crippen LogP contribution is 2.47. The van der Waals surface area contributed by atoms with E-state index in [1.54, 1.807) is 24.3 Å². The number of carbonyl (C=O) groups excluding carboxylic acids is 1. The Morgan fingerprint density at radius 2 is 1.80 bits per heavy atom.